The van der Waals surface area contributed by atoms with Gasteiger partial charge in [-0.1, -0.05) is 0 Å². The van der Waals surface area contributed by atoms with Crippen molar-refractivity contribution in [2.24, 2.45) is 11.8 Å². The zero-order valence-corrected chi connectivity index (χ0v) is 7.20. The van der Waals surface area contributed by atoms with Crippen molar-refractivity contribution in [2.45, 2.75) is 18.9 Å². The molecule has 1 unspecified atom stereocenters. The van der Waals surface area contributed by atoms with Crippen LogP contribution in [0.4, 0.5) is 4.39 Å². The molecule has 0 saturated heterocycles. The molecule has 3 nitrogen and oxygen atoms in total. The van der Waals surface area contributed by atoms with E-state index >= 15 is 0 Å². The lowest BCUT2D eigenvalue weighted by Crippen LogP contribution is -2.30. The van der Waals surface area contributed by atoms with Crippen molar-refractivity contribution in [3.05, 3.63) is 29.8 Å². The van der Waals surface area contributed by atoms with Crippen molar-refractivity contribution < 1.29 is 4.39 Å². The van der Waals surface area contributed by atoms with E-state index in [1.54, 1.807) is 12.3 Å². The lowest BCUT2D eigenvalue weighted by molar-refractivity contribution is 0.467. The van der Waals surface area contributed by atoms with Gasteiger partial charge in [-0.25, -0.2) is 4.39 Å². The average molecular weight is 181 g/mol. The molecule has 4 heteroatoms. The summed E-state index contributed by atoms with van der Waals surface area (Å²) in [5.41, 5.74) is 3.28. The third-order valence-electron chi connectivity index (χ3n) is 2.41. The van der Waals surface area contributed by atoms with Gasteiger partial charge in [0.1, 0.15) is 5.82 Å². The number of nitrogens with two attached hydrogens (primary N) is 1. The highest BCUT2D eigenvalue weighted by Gasteiger charge is 2.32. The van der Waals surface area contributed by atoms with Crippen LogP contribution in [0.2, 0.25) is 0 Å². The van der Waals surface area contributed by atoms with Crippen LogP contribution in [-0.2, 0) is 0 Å². The summed E-state index contributed by atoms with van der Waals surface area (Å²) in [4.78, 5) is 3.70. The number of nitrogens with one attached hydrogen (secondary N) is 1. The molecule has 13 heavy (non-hydrogen) atoms. The van der Waals surface area contributed by atoms with Gasteiger partial charge in [0.2, 0.25) is 0 Å². The van der Waals surface area contributed by atoms with E-state index in [9.17, 15) is 4.39 Å². The molecule has 1 heterocycles. The highest BCUT2D eigenvalue weighted by atomic mass is 19.1. The fourth-order valence-corrected chi connectivity index (χ4v) is 1.55. The number of halogens is 1. The van der Waals surface area contributed by atoms with E-state index in [0.717, 1.165) is 12.8 Å². The van der Waals surface area contributed by atoms with Gasteiger partial charge in [-0.3, -0.25) is 16.3 Å². The van der Waals surface area contributed by atoms with Crippen LogP contribution in [0.3, 0.4) is 0 Å². The lowest BCUT2D eigenvalue weighted by Gasteiger charge is -2.15. The first-order valence-electron chi connectivity index (χ1n) is 4.38. The van der Waals surface area contributed by atoms with E-state index < -0.39 is 0 Å². The van der Waals surface area contributed by atoms with Gasteiger partial charge in [-0.05, 0) is 24.8 Å². The fourth-order valence-electron chi connectivity index (χ4n) is 1.55. The summed E-state index contributed by atoms with van der Waals surface area (Å²) >= 11 is 0. The van der Waals surface area contributed by atoms with Gasteiger partial charge in [-0.15, -0.1) is 0 Å². The van der Waals surface area contributed by atoms with Gasteiger partial charge in [-0.2, -0.15) is 0 Å². The van der Waals surface area contributed by atoms with E-state index in [4.69, 9.17) is 5.84 Å². The van der Waals surface area contributed by atoms with Crippen molar-refractivity contribution in [3.63, 3.8) is 0 Å². The first kappa shape index (κ1) is 8.59. The second-order valence-corrected chi connectivity index (χ2v) is 3.38. The monoisotopic (exact) mass is 181 g/mol. The first-order valence-corrected chi connectivity index (χ1v) is 4.38. The highest BCUT2D eigenvalue weighted by Crippen LogP contribution is 2.40. The summed E-state index contributed by atoms with van der Waals surface area (Å²) in [6, 6.07) is 1.63. The molecule has 1 aromatic heterocycles. The maximum Gasteiger partial charge on any atom is 0.146 e. The largest absolute Gasteiger partial charge is 0.271 e. The smallest absolute Gasteiger partial charge is 0.146 e. The molecule has 1 aliphatic rings. The molecule has 0 bridgehead atoms. The summed E-state index contributed by atoms with van der Waals surface area (Å²) in [5.74, 6) is 5.59. The van der Waals surface area contributed by atoms with E-state index in [-0.39, 0.29) is 11.9 Å². The van der Waals surface area contributed by atoms with Crippen LogP contribution >= 0.6 is 0 Å². The van der Waals surface area contributed by atoms with Crippen molar-refractivity contribution in [1.82, 2.24) is 10.4 Å². The second-order valence-electron chi connectivity index (χ2n) is 3.38. The summed E-state index contributed by atoms with van der Waals surface area (Å²) in [5, 5.41) is 0. The number of nitrogens with zero attached hydrogens (tertiary/aromatic N) is 1. The molecule has 1 aliphatic carbocycles. The van der Waals surface area contributed by atoms with Gasteiger partial charge in [0, 0.05) is 11.8 Å². The number of aromatic nitrogens is 1. The van der Waals surface area contributed by atoms with Crippen LogP contribution in [0.5, 0.6) is 0 Å². The Bertz CT molecular complexity index is 299. The van der Waals surface area contributed by atoms with E-state index in [0.29, 0.717) is 11.5 Å². The van der Waals surface area contributed by atoms with Crippen LogP contribution in [0, 0.1) is 11.7 Å². The molecule has 0 aromatic carbocycles. The molecule has 3 N–H and O–H groups in total. The molecule has 70 valence electrons. The molecule has 1 saturated carbocycles. The van der Waals surface area contributed by atoms with Crippen LogP contribution < -0.4 is 11.3 Å². The predicted molar refractivity (Wildman–Crippen MR) is 47.0 cm³/mol. The molecule has 1 aromatic rings. The Kier molecular flexibility index (Phi) is 2.24. The molecule has 0 radical (unpaired) electrons. The van der Waals surface area contributed by atoms with Gasteiger partial charge in [0.25, 0.3) is 0 Å². The number of hydrazine groups is 1. The standard InChI is InChI=1S/C9H12FN3/c10-8-5-12-4-3-7(8)9(13-11)6-1-2-6/h3-6,9,13H,1-2,11H2. The fraction of sp³-hybridized carbons (Fsp3) is 0.444. The third-order valence-corrected chi connectivity index (χ3v) is 2.41. The number of hydrogen-bond acceptors (Lipinski definition) is 3. The molecule has 2 rings (SSSR count). The molecular weight excluding hydrogens is 169 g/mol. The topological polar surface area (TPSA) is 50.9 Å². The van der Waals surface area contributed by atoms with Crippen molar-refractivity contribution in [2.75, 3.05) is 0 Å². The Morgan fingerprint density at radius 3 is 2.92 bits per heavy atom. The van der Waals surface area contributed by atoms with Crippen LogP contribution in [0.15, 0.2) is 18.5 Å². The SMILES string of the molecule is NNC(c1ccncc1F)C1CC1. The summed E-state index contributed by atoms with van der Waals surface area (Å²) in [6.45, 7) is 0. The van der Waals surface area contributed by atoms with E-state index in [2.05, 4.69) is 10.4 Å². The molecular formula is C9H12FN3. The zero-order chi connectivity index (χ0) is 9.26. The quantitative estimate of drug-likeness (QED) is 0.543. The zero-order valence-electron chi connectivity index (χ0n) is 7.20. The van der Waals surface area contributed by atoms with Gasteiger partial charge in [0.05, 0.1) is 12.2 Å². The van der Waals surface area contributed by atoms with E-state index in [1.165, 1.54) is 6.20 Å². The second kappa shape index (κ2) is 3.40. The molecule has 1 atom stereocenters. The Hall–Kier alpha value is -1.00. The minimum Gasteiger partial charge on any atom is -0.271 e. The third kappa shape index (κ3) is 1.68. The summed E-state index contributed by atoms with van der Waals surface area (Å²) < 4.78 is 13.3. The normalized spacial score (nSPS) is 18.6. The van der Waals surface area contributed by atoms with Crippen molar-refractivity contribution in [3.8, 4) is 0 Å². The lowest BCUT2D eigenvalue weighted by atomic mass is 10.0. The minimum atomic E-state index is -0.280. The Labute approximate surface area is 76.1 Å². The number of rotatable bonds is 3. The van der Waals surface area contributed by atoms with Crippen LogP contribution in [0.25, 0.3) is 0 Å². The Balaban J connectivity index is 2.26. The van der Waals surface area contributed by atoms with Gasteiger partial charge in [0.15, 0.2) is 0 Å². The Morgan fingerprint density at radius 1 is 1.62 bits per heavy atom. The first-order chi connectivity index (χ1) is 6.33. The molecule has 0 spiro atoms. The predicted octanol–water partition coefficient (Wildman–Crippen LogP) is 1.14. The molecule has 1 fully saturated rings. The summed E-state index contributed by atoms with van der Waals surface area (Å²) in [7, 11) is 0. The summed E-state index contributed by atoms with van der Waals surface area (Å²) in [6.07, 6.45) is 5.06. The maximum atomic E-state index is 13.3. The van der Waals surface area contributed by atoms with Crippen molar-refractivity contribution >= 4 is 0 Å². The van der Waals surface area contributed by atoms with E-state index in [1.807, 2.05) is 0 Å². The minimum absolute atomic E-state index is 0.0528. The van der Waals surface area contributed by atoms with Crippen LogP contribution in [-0.4, -0.2) is 4.98 Å². The van der Waals surface area contributed by atoms with Gasteiger partial charge >= 0.3 is 0 Å². The molecule has 0 aliphatic heterocycles. The number of hydrogen-bond donors (Lipinski definition) is 2. The van der Waals surface area contributed by atoms with Gasteiger partial charge < -0.3 is 0 Å². The van der Waals surface area contributed by atoms with Crippen LogP contribution in [0.1, 0.15) is 24.4 Å². The highest BCUT2D eigenvalue weighted by molar-refractivity contribution is 5.19. The Morgan fingerprint density at radius 2 is 2.38 bits per heavy atom. The molecule has 0 amide bonds. The number of pyridine rings is 1. The maximum absolute atomic E-state index is 13.3. The average Bonchev–Trinajstić information content (AvgIpc) is 2.93. The van der Waals surface area contributed by atoms with Crippen molar-refractivity contribution in [1.29, 1.82) is 0 Å².